The molecule has 0 atom stereocenters. The Bertz CT molecular complexity index is 644. The maximum Gasteiger partial charge on any atom is 0.259 e. The molecule has 0 saturated carbocycles. The van der Waals surface area contributed by atoms with Gasteiger partial charge in [0.05, 0.1) is 11.1 Å². The number of fused-ring (bicyclic) bond motifs is 1. The van der Waals surface area contributed by atoms with Gasteiger partial charge >= 0.3 is 0 Å². The molecule has 0 saturated heterocycles. The Balaban J connectivity index is 2.49. The van der Waals surface area contributed by atoms with Crippen LogP contribution in [0.1, 0.15) is 16.3 Å². The van der Waals surface area contributed by atoms with E-state index in [9.17, 15) is 4.79 Å². The van der Waals surface area contributed by atoms with Gasteiger partial charge < -0.3 is 10.7 Å². The minimum Gasteiger partial charge on any atom is -0.379 e. The molecule has 2 rings (SSSR count). The highest BCUT2D eigenvalue weighted by molar-refractivity contribution is 8.13. The molecular formula is C10H12N4OS2. The number of rotatable bonds is 2. The highest BCUT2D eigenvalue weighted by Gasteiger charge is 2.11. The Morgan fingerprint density at radius 1 is 1.59 bits per heavy atom. The van der Waals surface area contributed by atoms with Crippen molar-refractivity contribution in [2.75, 3.05) is 0 Å². The number of nitrogens with one attached hydrogen (secondary N) is 2. The molecule has 17 heavy (non-hydrogen) atoms. The first-order chi connectivity index (χ1) is 7.99. The number of aryl methyl sites for hydroxylation is 2. The van der Waals surface area contributed by atoms with Crippen molar-refractivity contribution in [1.82, 2.24) is 9.97 Å². The summed E-state index contributed by atoms with van der Waals surface area (Å²) in [5.41, 5.74) is 6.12. The summed E-state index contributed by atoms with van der Waals surface area (Å²) in [6.07, 6.45) is 0. The Labute approximate surface area is 106 Å². The lowest BCUT2D eigenvalue weighted by Gasteiger charge is -1.99. The number of hydrogen-bond donors (Lipinski definition) is 3. The molecule has 0 unspecified atom stereocenters. The van der Waals surface area contributed by atoms with Crippen molar-refractivity contribution in [2.24, 2.45) is 5.73 Å². The molecule has 0 bridgehead atoms. The normalized spacial score (nSPS) is 10.9. The van der Waals surface area contributed by atoms with Crippen LogP contribution in [0.5, 0.6) is 0 Å². The molecule has 5 nitrogen and oxygen atoms in total. The first kappa shape index (κ1) is 12.1. The molecule has 0 aliphatic heterocycles. The SMILES string of the molecule is Cc1sc2nc(CSC(=N)N)[nH]c(=O)c2c1C. The van der Waals surface area contributed by atoms with Crippen molar-refractivity contribution in [3.8, 4) is 0 Å². The zero-order chi connectivity index (χ0) is 12.6. The van der Waals surface area contributed by atoms with Crippen molar-refractivity contribution in [1.29, 1.82) is 5.41 Å². The number of aromatic amines is 1. The number of nitrogens with zero attached hydrogens (tertiary/aromatic N) is 1. The number of aromatic nitrogens is 2. The predicted octanol–water partition coefficient (Wildman–Crippen LogP) is 1.73. The van der Waals surface area contributed by atoms with Crippen molar-refractivity contribution < 1.29 is 0 Å². The summed E-state index contributed by atoms with van der Waals surface area (Å²) < 4.78 is 0. The van der Waals surface area contributed by atoms with Crippen LogP contribution in [0.4, 0.5) is 0 Å². The monoisotopic (exact) mass is 268 g/mol. The number of nitrogens with two attached hydrogens (primary N) is 1. The van der Waals surface area contributed by atoms with E-state index in [1.54, 1.807) is 0 Å². The third-order valence-corrected chi connectivity index (χ3v) is 4.28. The highest BCUT2D eigenvalue weighted by atomic mass is 32.2. The highest BCUT2D eigenvalue weighted by Crippen LogP contribution is 2.26. The van der Waals surface area contributed by atoms with E-state index in [4.69, 9.17) is 11.1 Å². The Kier molecular flexibility index (Phi) is 3.21. The molecule has 90 valence electrons. The molecule has 2 aromatic rings. The molecule has 7 heteroatoms. The van der Waals surface area contributed by atoms with E-state index >= 15 is 0 Å². The zero-order valence-electron chi connectivity index (χ0n) is 9.46. The number of hydrogen-bond acceptors (Lipinski definition) is 5. The first-order valence-electron chi connectivity index (χ1n) is 4.94. The lowest BCUT2D eigenvalue weighted by molar-refractivity contribution is 1.05. The van der Waals surface area contributed by atoms with Crippen LogP contribution in [0.15, 0.2) is 4.79 Å². The van der Waals surface area contributed by atoms with Crippen molar-refractivity contribution in [3.63, 3.8) is 0 Å². The van der Waals surface area contributed by atoms with Gasteiger partial charge in [-0.25, -0.2) is 4.98 Å². The number of thioether (sulfide) groups is 1. The van der Waals surface area contributed by atoms with Gasteiger partial charge in [-0.1, -0.05) is 11.8 Å². The molecule has 0 amide bonds. The van der Waals surface area contributed by atoms with Crippen LogP contribution < -0.4 is 11.3 Å². The van der Waals surface area contributed by atoms with Crippen LogP contribution >= 0.6 is 23.1 Å². The van der Waals surface area contributed by atoms with Gasteiger partial charge in [-0.2, -0.15) is 0 Å². The van der Waals surface area contributed by atoms with Gasteiger partial charge in [-0.3, -0.25) is 10.2 Å². The molecule has 2 heterocycles. The van der Waals surface area contributed by atoms with Crippen LogP contribution in [-0.2, 0) is 5.75 Å². The quantitative estimate of drug-likeness (QED) is 0.571. The minimum absolute atomic E-state index is 0.0197. The Morgan fingerprint density at radius 2 is 2.29 bits per heavy atom. The largest absolute Gasteiger partial charge is 0.379 e. The van der Waals surface area contributed by atoms with Crippen LogP contribution in [0.2, 0.25) is 0 Å². The summed E-state index contributed by atoms with van der Waals surface area (Å²) in [6, 6.07) is 0. The standard InChI is InChI=1S/C10H12N4OS2/c1-4-5(2)17-9-7(4)8(15)13-6(14-9)3-16-10(11)12/h3H2,1-2H3,(H3,11,12)(H,13,14,15). The van der Waals surface area contributed by atoms with E-state index in [0.717, 1.165) is 27.0 Å². The Hall–Kier alpha value is -1.34. The molecule has 2 aromatic heterocycles. The maximum absolute atomic E-state index is 11.9. The van der Waals surface area contributed by atoms with Crippen LogP contribution in [0.25, 0.3) is 10.2 Å². The summed E-state index contributed by atoms with van der Waals surface area (Å²) in [5.74, 6) is 0.972. The smallest absolute Gasteiger partial charge is 0.259 e. The zero-order valence-corrected chi connectivity index (χ0v) is 11.1. The third kappa shape index (κ3) is 2.34. The molecule has 0 radical (unpaired) electrons. The summed E-state index contributed by atoms with van der Waals surface area (Å²) in [4.78, 5) is 20.9. The van der Waals surface area contributed by atoms with E-state index in [1.807, 2.05) is 13.8 Å². The second kappa shape index (κ2) is 4.50. The first-order valence-corrected chi connectivity index (χ1v) is 6.75. The fraction of sp³-hybridized carbons (Fsp3) is 0.300. The Morgan fingerprint density at radius 3 is 2.94 bits per heavy atom. The molecular weight excluding hydrogens is 256 g/mol. The second-order valence-electron chi connectivity index (χ2n) is 3.63. The van der Waals surface area contributed by atoms with E-state index in [-0.39, 0.29) is 10.7 Å². The van der Waals surface area contributed by atoms with Crippen molar-refractivity contribution in [3.05, 3.63) is 26.6 Å². The average Bonchev–Trinajstić information content (AvgIpc) is 2.52. The molecule has 0 aliphatic carbocycles. The minimum atomic E-state index is -0.115. The second-order valence-corrected chi connectivity index (χ2v) is 5.85. The summed E-state index contributed by atoms with van der Waals surface area (Å²) in [7, 11) is 0. The molecule has 0 aliphatic rings. The maximum atomic E-state index is 11.9. The molecule has 4 N–H and O–H groups in total. The van der Waals surface area contributed by atoms with Gasteiger partial charge in [0.15, 0.2) is 5.17 Å². The fourth-order valence-corrected chi connectivity index (χ4v) is 2.99. The van der Waals surface area contributed by atoms with Crippen molar-refractivity contribution in [2.45, 2.75) is 19.6 Å². The van der Waals surface area contributed by atoms with Gasteiger partial charge in [0, 0.05) is 4.88 Å². The topological polar surface area (TPSA) is 95.6 Å². The predicted molar refractivity (Wildman–Crippen MR) is 72.9 cm³/mol. The average molecular weight is 268 g/mol. The lowest BCUT2D eigenvalue weighted by atomic mass is 10.2. The molecule has 0 aromatic carbocycles. The summed E-state index contributed by atoms with van der Waals surface area (Å²) >= 11 is 2.66. The fourth-order valence-electron chi connectivity index (χ4n) is 1.51. The van der Waals surface area contributed by atoms with Gasteiger partial charge in [0.2, 0.25) is 0 Å². The van der Waals surface area contributed by atoms with Gasteiger partial charge in [-0.05, 0) is 19.4 Å². The van der Waals surface area contributed by atoms with E-state index in [1.165, 1.54) is 11.3 Å². The van der Waals surface area contributed by atoms with E-state index in [2.05, 4.69) is 9.97 Å². The van der Waals surface area contributed by atoms with Gasteiger partial charge in [0.1, 0.15) is 10.7 Å². The van der Waals surface area contributed by atoms with Gasteiger partial charge in [0.25, 0.3) is 5.56 Å². The van der Waals surface area contributed by atoms with Gasteiger partial charge in [-0.15, -0.1) is 11.3 Å². The van der Waals surface area contributed by atoms with Crippen LogP contribution in [0.3, 0.4) is 0 Å². The van der Waals surface area contributed by atoms with Crippen molar-refractivity contribution >= 4 is 38.5 Å². The van der Waals surface area contributed by atoms with E-state index < -0.39 is 0 Å². The van der Waals surface area contributed by atoms with Crippen LogP contribution in [0, 0.1) is 19.3 Å². The third-order valence-electron chi connectivity index (χ3n) is 2.45. The van der Waals surface area contributed by atoms with Crippen LogP contribution in [-0.4, -0.2) is 15.1 Å². The number of amidine groups is 1. The summed E-state index contributed by atoms with van der Waals surface area (Å²) in [6.45, 7) is 3.90. The number of H-pyrrole nitrogens is 1. The number of thiophene rings is 1. The lowest BCUT2D eigenvalue weighted by Crippen LogP contribution is -2.12. The summed E-state index contributed by atoms with van der Waals surface area (Å²) in [5, 5.41) is 7.81. The molecule has 0 spiro atoms. The molecule has 0 fully saturated rings. The van der Waals surface area contributed by atoms with E-state index in [0.29, 0.717) is 17.0 Å².